The molecule has 1 aliphatic heterocycles. The summed E-state index contributed by atoms with van der Waals surface area (Å²) in [5.74, 6) is 0. The summed E-state index contributed by atoms with van der Waals surface area (Å²) in [7, 11) is 0. The first-order valence-electron chi connectivity index (χ1n) is 7.20. The van der Waals surface area contributed by atoms with Crippen LogP contribution >= 0.6 is 11.6 Å². The van der Waals surface area contributed by atoms with Gasteiger partial charge in [-0.05, 0) is 45.7 Å². The molecule has 1 saturated heterocycles. The molecule has 1 aromatic heterocycles. The van der Waals surface area contributed by atoms with Crippen LogP contribution in [0.2, 0.25) is 5.15 Å². The Hall–Kier alpha value is -1.49. The van der Waals surface area contributed by atoms with E-state index in [1.807, 2.05) is 26.8 Å². The summed E-state index contributed by atoms with van der Waals surface area (Å²) in [6, 6.07) is 3.78. The lowest BCUT2D eigenvalue weighted by Gasteiger charge is -2.28. The highest BCUT2D eigenvalue weighted by Gasteiger charge is 2.31. The largest absolute Gasteiger partial charge is 0.444 e. The first-order valence-corrected chi connectivity index (χ1v) is 7.58. The monoisotopic (exact) mass is 311 g/mol. The molecule has 0 aliphatic carbocycles. The second-order valence-electron chi connectivity index (χ2n) is 6.22. The SMILES string of the molecule is CC(C)(C)OC(=O)N1CCCC1CNc1ccnc(Cl)c1. The normalized spacial score (nSPS) is 18.7. The van der Waals surface area contributed by atoms with Crippen molar-refractivity contribution in [2.75, 3.05) is 18.4 Å². The third-order valence-electron chi connectivity index (χ3n) is 3.27. The molecule has 1 fully saturated rings. The average molecular weight is 312 g/mol. The minimum Gasteiger partial charge on any atom is -0.444 e. The first kappa shape index (κ1) is 15.9. The molecular weight excluding hydrogens is 290 g/mol. The van der Waals surface area contributed by atoms with Crippen LogP contribution < -0.4 is 5.32 Å². The number of nitrogens with one attached hydrogen (secondary N) is 1. The van der Waals surface area contributed by atoms with Crippen molar-refractivity contribution in [1.82, 2.24) is 9.88 Å². The Morgan fingerprint density at radius 3 is 3.00 bits per heavy atom. The second-order valence-corrected chi connectivity index (χ2v) is 6.61. The van der Waals surface area contributed by atoms with Crippen LogP contribution in [0.25, 0.3) is 0 Å². The molecule has 2 heterocycles. The third kappa shape index (κ3) is 4.77. The summed E-state index contributed by atoms with van der Waals surface area (Å²) in [6.45, 7) is 7.07. The lowest BCUT2D eigenvalue weighted by molar-refractivity contribution is 0.0235. The molecule has 1 unspecified atom stereocenters. The molecule has 6 heteroatoms. The van der Waals surface area contributed by atoms with Gasteiger partial charge < -0.3 is 15.0 Å². The van der Waals surface area contributed by atoms with Gasteiger partial charge in [-0.15, -0.1) is 0 Å². The molecule has 116 valence electrons. The van der Waals surface area contributed by atoms with E-state index >= 15 is 0 Å². The quantitative estimate of drug-likeness (QED) is 0.867. The number of amides is 1. The predicted octanol–water partition coefficient (Wildman–Crippen LogP) is 3.55. The highest BCUT2D eigenvalue weighted by atomic mass is 35.5. The molecule has 21 heavy (non-hydrogen) atoms. The van der Waals surface area contributed by atoms with E-state index in [-0.39, 0.29) is 12.1 Å². The van der Waals surface area contributed by atoms with E-state index in [9.17, 15) is 4.79 Å². The van der Waals surface area contributed by atoms with Crippen LogP contribution in [0, 0.1) is 0 Å². The second kappa shape index (κ2) is 6.52. The van der Waals surface area contributed by atoms with Crippen molar-refractivity contribution in [3.63, 3.8) is 0 Å². The maximum absolute atomic E-state index is 12.2. The molecule has 0 aromatic carbocycles. The third-order valence-corrected chi connectivity index (χ3v) is 3.48. The van der Waals surface area contributed by atoms with Crippen molar-refractivity contribution >= 4 is 23.4 Å². The molecule has 5 nitrogen and oxygen atoms in total. The Bertz CT molecular complexity index is 502. The Labute approximate surface area is 130 Å². The smallest absolute Gasteiger partial charge is 0.410 e. The van der Waals surface area contributed by atoms with Gasteiger partial charge in [-0.2, -0.15) is 0 Å². The summed E-state index contributed by atoms with van der Waals surface area (Å²) in [4.78, 5) is 17.9. The minimum atomic E-state index is -0.462. The summed E-state index contributed by atoms with van der Waals surface area (Å²) in [5, 5.41) is 3.76. The number of likely N-dealkylation sites (tertiary alicyclic amines) is 1. The summed E-state index contributed by atoms with van der Waals surface area (Å²) >= 11 is 5.86. The van der Waals surface area contributed by atoms with Crippen molar-refractivity contribution in [3.8, 4) is 0 Å². The first-order chi connectivity index (χ1) is 9.85. The number of anilines is 1. The zero-order valence-corrected chi connectivity index (χ0v) is 13.5. The summed E-state index contributed by atoms with van der Waals surface area (Å²) in [6.07, 6.45) is 3.40. The molecule has 0 bridgehead atoms. The molecule has 0 saturated carbocycles. The number of aromatic nitrogens is 1. The van der Waals surface area contributed by atoms with Crippen molar-refractivity contribution in [1.29, 1.82) is 0 Å². The number of carbonyl (C=O) groups excluding carboxylic acids is 1. The lowest BCUT2D eigenvalue weighted by Crippen LogP contribution is -2.42. The Balaban J connectivity index is 1.91. The number of rotatable bonds is 3. The molecule has 1 aromatic rings. The van der Waals surface area contributed by atoms with E-state index < -0.39 is 5.60 Å². The van der Waals surface area contributed by atoms with E-state index in [0.717, 1.165) is 25.1 Å². The van der Waals surface area contributed by atoms with Crippen molar-refractivity contribution < 1.29 is 9.53 Å². The molecule has 0 spiro atoms. The fourth-order valence-corrected chi connectivity index (χ4v) is 2.53. The number of halogens is 1. The van der Waals surface area contributed by atoms with Crippen LogP contribution in [-0.2, 0) is 4.74 Å². The molecule has 1 atom stereocenters. The van der Waals surface area contributed by atoms with E-state index in [0.29, 0.717) is 11.7 Å². The van der Waals surface area contributed by atoms with Gasteiger partial charge >= 0.3 is 6.09 Å². The Morgan fingerprint density at radius 2 is 2.33 bits per heavy atom. The van der Waals surface area contributed by atoms with Crippen LogP contribution in [0.4, 0.5) is 10.5 Å². The van der Waals surface area contributed by atoms with Gasteiger partial charge in [0.25, 0.3) is 0 Å². The maximum Gasteiger partial charge on any atom is 0.410 e. The van der Waals surface area contributed by atoms with Crippen molar-refractivity contribution in [2.24, 2.45) is 0 Å². The fraction of sp³-hybridized carbons (Fsp3) is 0.600. The maximum atomic E-state index is 12.2. The molecule has 0 radical (unpaired) electrons. The van der Waals surface area contributed by atoms with Gasteiger partial charge in [-0.1, -0.05) is 11.6 Å². The van der Waals surface area contributed by atoms with E-state index in [2.05, 4.69) is 10.3 Å². The highest BCUT2D eigenvalue weighted by Crippen LogP contribution is 2.21. The molecule has 2 rings (SSSR count). The van der Waals surface area contributed by atoms with Crippen LogP contribution in [0.15, 0.2) is 18.3 Å². The zero-order chi connectivity index (χ0) is 15.5. The number of hydrogen-bond donors (Lipinski definition) is 1. The van der Waals surface area contributed by atoms with Crippen LogP contribution in [0.3, 0.4) is 0 Å². The minimum absolute atomic E-state index is 0.145. The van der Waals surface area contributed by atoms with Gasteiger partial charge in [0.1, 0.15) is 10.8 Å². The van der Waals surface area contributed by atoms with E-state index in [4.69, 9.17) is 16.3 Å². The predicted molar refractivity (Wildman–Crippen MR) is 83.7 cm³/mol. The zero-order valence-electron chi connectivity index (χ0n) is 12.7. The van der Waals surface area contributed by atoms with E-state index in [1.165, 1.54) is 0 Å². The van der Waals surface area contributed by atoms with Crippen LogP contribution in [0.1, 0.15) is 33.6 Å². The number of hydrogen-bond acceptors (Lipinski definition) is 4. The van der Waals surface area contributed by atoms with Crippen molar-refractivity contribution in [3.05, 3.63) is 23.5 Å². The molecule has 1 aliphatic rings. The fourth-order valence-electron chi connectivity index (χ4n) is 2.36. The van der Waals surface area contributed by atoms with Gasteiger partial charge in [0, 0.05) is 25.0 Å². The van der Waals surface area contributed by atoms with Crippen LogP contribution in [0.5, 0.6) is 0 Å². The number of nitrogens with zero attached hydrogens (tertiary/aromatic N) is 2. The summed E-state index contributed by atoms with van der Waals surface area (Å²) in [5.41, 5.74) is 0.446. The van der Waals surface area contributed by atoms with Gasteiger partial charge in [-0.25, -0.2) is 9.78 Å². The van der Waals surface area contributed by atoms with E-state index in [1.54, 1.807) is 17.2 Å². The topological polar surface area (TPSA) is 54.5 Å². The van der Waals surface area contributed by atoms with Crippen LogP contribution in [-0.4, -0.2) is 40.7 Å². The summed E-state index contributed by atoms with van der Waals surface area (Å²) < 4.78 is 5.45. The van der Waals surface area contributed by atoms with Gasteiger partial charge in [0.15, 0.2) is 0 Å². The lowest BCUT2D eigenvalue weighted by atomic mass is 10.2. The molecular formula is C15H22ClN3O2. The molecule has 1 amide bonds. The standard InChI is InChI=1S/C15H22ClN3O2/c1-15(2,3)21-14(20)19-8-4-5-12(19)10-18-11-6-7-17-13(16)9-11/h6-7,9,12H,4-5,8,10H2,1-3H3,(H,17,18). The number of pyridine rings is 1. The van der Waals surface area contributed by atoms with Crippen molar-refractivity contribution in [2.45, 2.75) is 45.3 Å². The number of carbonyl (C=O) groups is 1. The average Bonchev–Trinajstić information content (AvgIpc) is 2.83. The van der Waals surface area contributed by atoms with Gasteiger partial charge in [0.05, 0.1) is 6.04 Å². The van der Waals surface area contributed by atoms with Gasteiger partial charge in [-0.3, -0.25) is 0 Å². The Morgan fingerprint density at radius 1 is 1.57 bits per heavy atom. The number of ether oxygens (including phenoxy) is 1. The highest BCUT2D eigenvalue weighted by molar-refractivity contribution is 6.29. The Kier molecular flexibility index (Phi) is 4.93. The molecule has 1 N–H and O–H groups in total. The van der Waals surface area contributed by atoms with Gasteiger partial charge in [0.2, 0.25) is 0 Å².